The molecule has 0 radical (unpaired) electrons. The minimum absolute atomic E-state index is 0.00845. The van der Waals surface area contributed by atoms with Gasteiger partial charge < -0.3 is 5.32 Å². The van der Waals surface area contributed by atoms with E-state index >= 15 is 0 Å². The zero-order valence-corrected chi connectivity index (χ0v) is 15.3. The maximum absolute atomic E-state index is 12.5. The summed E-state index contributed by atoms with van der Waals surface area (Å²) in [5, 5.41) is 3.15. The quantitative estimate of drug-likeness (QED) is 0.885. The van der Waals surface area contributed by atoms with E-state index in [1.54, 1.807) is 0 Å². The summed E-state index contributed by atoms with van der Waals surface area (Å²) < 4.78 is 0. The smallest absolute Gasteiger partial charge is 0.251 e. The molecule has 3 heteroatoms. The molecule has 25 heavy (non-hydrogen) atoms. The van der Waals surface area contributed by atoms with Crippen LogP contribution in [-0.4, -0.2) is 30.4 Å². The van der Waals surface area contributed by atoms with Crippen LogP contribution in [0.1, 0.15) is 52.4 Å². The maximum Gasteiger partial charge on any atom is 0.251 e. The summed E-state index contributed by atoms with van der Waals surface area (Å²) >= 11 is 0. The molecular weight excluding hydrogens is 308 g/mol. The molecule has 2 aromatic rings. The van der Waals surface area contributed by atoms with Gasteiger partial charge in [0.1, 0.15) is 0 Å². The van der Waals surface area contributed by atoms with Crippen LogP contribution in [0, 0.1) is 13.8 Å². The lowest BCUT2D eigenvalue weighted by Gasteiger charge is -2.35. The van der Waals surface area contributed by atoms with Crippen molar-refractivity contribution in [3.05, 3.63) is 70.8 Å². The van der Waals surface area contributed by atoms with Gasteiger partial charge in [0.25, 0.3) is 5.91 Å². The van der Waals surface area contributed by atoms with E-state index in [9.17, 15) is 4.79 Å². The van der Waals surface area contributed by atoms with E-state index in [1.165, 1.54) is 36.0 Å². The van der Waals surface area contributed by atoms with Crippen LogP contribution in [-0.2, 0) is 0 Å². The molecule has 1 amide bonds. The Morgan fingerprint density at radius 3 is 2.08 bits per heavy atom. The van der Waals surface area contributed by atoms with E-state index in [0.29, 0.717) is 6.54 Å². The highest BCUT2D eigenvalue weighted by atomic mass is 16.1. The number of likely N-dealkylation sites (tertiary alicyclic amines) is 1. The number of piperidine rings is 1. The number of benzene rings is 2. The van der Waals surface area contributed by atoms with Gasteiger partial charge in [0, 0.05) is 12.1 Å². The van der Waals surface area contributed by atoms with Gasteiger partial charge in [-0.3, -0.25) is 9.69 Å². The van der Waals surface area contributed by atoms with Crippen molar-refractivity contribution in [1.82, 2.24) is 10.2 Å². The Balaban J connectivity index is 1.71. The van der Waals surface area contributed by atoms with Crippen LogP contribution < -0.4 is 5.32 Å². The van der Waals surface area contributed by atoms with E-state index in [-0.39, 0.29) is 11.9 Å². The van der Waals surface area contributed by atoms with Crippen LogP contribution in [0.25, 0.3) is 0 Å². The van der Waals surface area contributed by atoms with Crippen LogP contribution in [0.3, 0.4) is 0 Å². The summed E-state index contributed by atoms with van der Waals surface area (Å²) in [6, 6.07) is 16.7. The number of hydrogen-bond donors (Lipinski definition) is 1. The molecule has 132 valence electrons. The zero-order chi connectivity index (χ0) is 17.6. The van der Waals surface area contributed by atoms with Crippen molar-refractivity contribution in [1.29, 1.82) is 0 Å². The topological polar surface area (TPSA) is 32.3 Å². The molecule has 1 aliphatic heterocycles. The second-order valence-corrected chi connectivity index (χ2v) is 7.10. The number of nitrogens with one attached hydrogen (secondary N) is 1. The Kier molecular flexibility index (Phi) is 5.87. The highest BCUT2D eigenvalue weighted by Crippen LogP contribution is 2.24. The predicted octanol–water partition coefficient (Wildman–Crippen LogP) is 4.26. The fourth-order valence-corrected chi connectivity index (χ4v) is 3.47. The molecule has 1 N–H and O–H groups in total. The molecule has 1 fully saturated rings. The van der Waals surface area contributed by atoms with Gasteiger partial charge in [-0.05, 0) is 57.5 Å². The second kappa shape index (κ2) is 8.30. The third-order valence-electron chi connectivity index (χ3n) is 5.06. The van der Waals surface area contributed by atoms with Gasteiger partial charge in [0.05, 0.1) is 6.04 Å². The van der Waals surface area contributed by atoms with Gasteiger partial charge in [-0.15, -0.1) is 0 Å². The fraction of sp³-hybridized carbons (Fsp3) is 0.409. The summed E-state index contributed by atoms with van der Waals surface area (Å²) in [4.78, 5) is 15.0. The average molecular weight is 336 g/mol. The van der Waals surface area contributed by atoms with Crippen LogP contribution in [0.5, 0.6) is 0 Å². The summed E-state index contributed by atoms with van der Waals surface area (Å²) in [5.74, 6) is 0.00845. The third kappa shape index (κ3) is 4.70. The molecule has 0 aromatic heterocycles. The molecule has 2 aromatic carbocycles. The molecule has 1 saturated heterocycles. The van der Waals surface area contributed by atoms with E-state index in [4.69, 9.17) is 0 Å². The highest BCUT2D eigenvalue weighted by molar-refractivity contribution is 5.94. The Bertz CT molecular complexity index is 685. The number of amides is 1. The molecule has 3 nitrogen and oxygen atoms in total. The maximum atomic E-state index is 12.5. The molecule has 1 heterocycles. The molecule has 0 bridgehead atoms. The molecule has 0 saturated carbocycles. The van der Waals surface area contributed by atoms with Crippen molar-refractivity contribution in [3.8, 4) is 0 Å². The number of hydrogen-bond acceptors (Lipinski definition) is 2. The SMILES string of the molecule is Cc1ccc(C(=O)NCC(c2ccc(C)cc2)N2CCCCC2)cc1. The minimum atomic E-state index is 0.00845. The van der Waals surface area contributed by atoms with Crippen LogP contribution in [0.2, 0.25) is 0 Å². The molecule has 0 aliphatic carbocycles. The summed E-state index contributed by atoms with van der Waals surface area (Å²) in [5.41, 5.74) is 4.45. The van der Waals surface area contributed by atoms with Gasteiger partial charge >= 0.3 is 0 Å². The monoisotopic (exact) mass is 336 g/mol. The van der Waals surface area contributed by atoms with Crippen LogP contribution in [0.15, 0.2) is 48.5 Å². The Hall–Kier alpha value is -2.13. The number of nitrogens with zero attached hydrogens (tertiary/aromatic N) is 1. The molecular formula is C22H28N2O. The summed E-state index contributed by atoms with van der Waals surface area (Å²) in [6.07, 6.45) is 3.80. The van der Waals surface area contributed by atoms with Crippen LogP contribution in [0.4, 0.5) is 0 Å². The van der Waals surface area contributed by atoms with Gasteiger partial charge in [-0.25, -0.2) is 0 Å². The van der Waals surface area contributed by atoms with Gasteiger partial charge in [0.2, 0.25) is 0 Å². The molecule has 1 aliphatic rings. The van der Waals surface area contributed by atoms with Crippen molar-refractivity contribution in [3.63, 3.8) is 0 Å². The lowest BCUT2D eigenvalue weighted by molar-refractivity contribution is 0.0924. The zero-order valence-electron chi connectivity index (χ0n) is 15.3. The molecule has 1 unspecified atom stereocenters. The van der Waals surface area contributed by atoms with E-state index in [1.807, 2.05) is 31.2 Å². The molecule has 0 spiro atoms. The van der Waals surface area contributed by atoms with Gasteiger partial charge in [0.15, 0.2) is 0 Å². The Morgan fingerprint density at radius 2 is 1.48 bits per heavy atom. The lowest BCUT2D eigenvalue weighted by atomic mass is 10.0. The number of carbonyl (C=O) groups is 1. The normalized spacial score (nSPS) is 16.4. The second-order valence-electron chi connectivity index (χ2n) is 7.10. The number of rotatable bonds is 5. The predicted molar refractivity (Wildman–Crippen MR) is 103 cm³/mol. The van der Waals surface area contributed by atoms with E-state index in [2.05, 4.69) is 41.4 Å². The third-order valence-corrected chi connectivity index (χ3v) is 5.06. The minimum Gasteiger partial charge on any atom is -0.350 e. The first kappa shape index (κ1) is 17.7. The highest BCUT2D eigenvalue weighted by Gasteiger charge is 2.23. The van der Waals surface area contributed by atoms with E-state index in [0.717, 1.165) is 18.7 Å². The van der Waals surface area contributed by atoms with Gasteiger partial charge in [-0.1, -0.05) is 53.9 Å². The average Bonchev–Trinajstić information content (AvgIpc) is 2.64. The summed E-state index contributed by atoms with van der Waals surface area (Å²) in [7, 11) is 0. The first-order valence-electron chi connectivity index (χ1n) is 9.29. The van der Waals surface area contributed by atoms with Crippen LogP contribution >= 0.6 is 0 Å². The van der Waals surface area contributed by atoms with Crippen molar-refractivity contribution >= 4 is 5.91 Å². The molecule has 1 atom stereocenters. The van der Waals surface area contributed by atoms with Crippen molar-refractivity contribution in [2.45, 2.75) is 39.2 Å². The van der Waals surface area contributed by atoms with Crippen molar-refractivity contribution < 1.29 is 4.79 Å². The van der Waals surface area contributed by atoms with Crippen molar-refractivity contribution in [2.24, 2.45) is 0 Å². The number of carbonyl (C=O) groups excluding carboxylic acids is 1. The first-order chi connectivity index (χ1) is 12.1. The first-order valence-corrected chi connectivity index (χ1v) is 9.29. The Morgan fingerprint density at radius 1 is 0.920 bits per heavy atom. The summed E-state index contributed by atoms with van der Waals surface area (Å²) in [6.45, 7) is 7.01. The van der Waals surface area contributed by atoms with Gasteiger partial charge in [-0.2, -0.15) is 0 Å². The lowest BCUT2D eigenvalue weighted by Crippen LogP contribution is -2.40. The fourth-order valence-electron chi connectivity index (χ4n) is 3.47. The Labute approximate surface area is 151 Å². The van der Waals surface area contributed by atoms with E-state index < -0.39 is 0 Å². The standard InChI is InChI=1S/C22H28N2O/c1-17-6-10-19(11-7-17)21(24-14-4-3-5-15-24)16-23-22(25)20-12-8-18(2)9-13-20/h6-13,21H,3-5,14-16H2,1-2H3,(H,23,25). The number of aryl methyl sites for hydroxylation is 2. The van der Waals surface area contributed by atoms with Crippen molar-refractivity contribution in [2.75, 3.05) is 19.6 Å². The largest absolute Gasteiger partial charge is 0.350 e. The molecule has 3 rings (SSSR count).